The predicted molar refractivity (Wildman–Crippen MR) is 83.3 cm³/mol. The Labute approximate surface area is 124 Å². The first-order valence-electron chi connectivity index (χ1n) is 6.12. The van der Waals surface area contributed by atoms with E-state index in [1.54, 1.807) is 23.0 Å². The number of phenolic OH excluding ortho intramolecular Hbond substituents is 1. The maximum absolute atomic E-state index is 9.81. The molecule has 1 N–H and O–H groups in total. The first kappa shape index (κ1) is 12.9. The molecule has 0 radical (unpaired) electrons. The van der Waals surface area contributed by atoms with Gasteiger partial charge in [-0.1, -0.05) is 28.1 Å². The Morgan fingerprint density at radius 3 is 2.90 bits per heavy atom. The van der Waals surface area contributed by atoms with E-state index in [0.717, 1.165) is 21.3 Å². The van der Waals surface area contributed by atoms with Crippen LogP contribution in [0.15, 0.2) is 52.0 Å². The van der Waals surface area contributed by atoms with Gasteiger partial charge in [0.15, 0.2) is 0 Å². The van der Waals surface area contributed by atoms with Gasteiger partial charge in [-0.25, -0.2) is 9.66 Å². The molecule has 100 valence electrons. The number of fused-ring (bicyclic) bond motifs is 1. The molecule has 4 nitrogen and oxygen atoms in total. The van der Waals surface area contributed by atoms with Crippen LogP contribution in [0.1, 0.15) is 11.4 Å². The van der Waals surface area contributed by atoms with Gasteiger partial charge in [0.1, 0.15) is 11.6 Å². The maximum Gasteiger partial charge on any atom is 0.128 e. The average Bonchev–Trinajstić information content (AvgIpc) is 2.75. The molecule has 0 spiro atoms. The van der Waals surface area contributed by atoms with Crippen LogP contribution in [-0.4, -0.2) is 21.0 Å². The zero-order valence-corrected chi connectivity index (χ0v) is 12.4. The van der Waals surface area contributed by atoms with Crippen LogP contribution >= 0.6 is 15.9 Å². The highest BCUT2D eigenvalue weighted by Gasteiger charge is 2.05. The Bertz CT molecular complexity index is 808. The van der Waals surface area contributed by atoms with Crippen LogP contribution in [0.4, 0.5) is 0 Å². The van der Waals surface area contributed by atoms with Crippen molar-refractivity contribution in [2.24, 2.45) is 5.10 Å². The summed E-state index contributed by atoms with van der Waals surface area (Å²) >= 11 is 3.38. The SMILES string of the molecule is Cc1nc2ccccc2n1N=Cc1cc(Br)ccc1O. The minimum atomic E-state index is 0.194. The van der Waals surface area contributed by atoms with Crippen molar-refractivity contribution in [1.29, 1.82) is 0 Å². The first-order valence-corrected chi connectivity index (χ1v) is 6.91. The standard InChI is InChI=1S/C15H12BrN3O/c1-10-18-13-4-2-3-5-14(13)19(10)17-9-11-8-12(16)6-7-15(11)20/h2-9,20H,1H3. The van der Waals surface area contributed by atoms with Crippen molar-refractivity contribution < 1.29 is 5.11 Å². The van der Waals surface area contributed by atoms with Crippen LogP contribution in [0.25, 0.3) is 11.0 Å². The number of phenols is 1. The molecule has 0 bridgehead atoms. The summed E-state index contributed by atoms with van der Waals surface area (Å²) in [4.78, 5) is 4.44. The fraction of sp³-hybridized carbons (Fsp3) is 0.0667. The second-order valence-corrected chi connectivity index (χ2v) is 5.32. The summed E-state index contributed by atoms with van der Waals surface area (Å²) in [7, 11) is 0. The number of aryl methyl sites for hydroxylation is 1. The molecule has 0 saturated carbocycles. The van der Waals surface area contributed by atoms with E-state index >= 15 is 0 Å². The molecule has 5 heteroatoms. The molecule has 0 aliphatic carbocycles. The first-order chi connectivity index (χ1) is 9.65. The third kappa shape index (κ3) is 2.32. The molecule has 3 rings (SSSR count). The summed E-state index contributed by atoms with van der Waals surface area (Å²) in [5.74, 6) is 0.996. The maximum atomic E-state index is 9.81. The number of para-hydroxylation sites is 2. The van der Waals surface area contributed by atoms with E-state index in [9.17, 15) is 5.11 Å². The smallest absolute Gasteiger partial charge is 0.128 e. The summed E-state index contributed by atoms with van der Waals surface area (Å²) in [6.45, 7) is 1.90. The summed E-state index contributed by atoms with van der Waals surface area (Å²) < 4.78 is 2.65. The van der Waals surface area contributed by atoms with E-state index in [2.05, 4.69) is 26.0 Å². The highest BCUT2D eigenvalue weighted by atomic mass is 79.9. The monoisotopic (exact) mass is 329 g/mol. The predicted octanol–water partition coefficient (Wildman–Crippen LogP) is 3.70. The molecule has 0 saturated heterocycles. The van der Waals surface area contributed by atoms with Crippen molar-refractivity contribution in [2.45, 2.75) is 6.92 Å². The van der Waals surface area contributed by atoms with E-state index in [1.165, 1.54) is 0 Å². The van der Waals surface area contributed by atoms with Crippen LogP contribution in [-0.2, 0) is 0 Å². The molecular weight excluding hydrogens is 318 g/mol. The lowest BCUT2D eigenvalue weighted by molar-refractivity contribution is 0.474. The number of nitrogens with zero attached hydrogens (tertiary/aromatic N) is 3. The van der Waals surface area contributed by atoms with Crippen molar-refractivity contribution >= 4 is 33.2 Å². The number of benzene rings is 2. The van der Waals surface area contributed by atoms with Gasteiger partial charge in [0.25, 0.3) is 0 Å². The van der Waals surface area contributed by atoms with Gasteiger partial charge in [0.2, 0.25) is 0 Å². The van der Waals surface area contributed by atoms with Crippen LogP contribution in [0.2, 0.25) is 0 Å². The Morgan fingerprint density at radius 2 is 2.05 bits per heavy atom. The lowest BCUT2D eigenvalue weighted by Crippen LogP contribution is -1.94. The summed E-state index contributed by atoms with van der Waals surface area (Å²) in [6.07, 6.45) is 1.63. The van der Waals surface area contributed by atoms with Gasteiger partial charge in [0, 0.05) is 10.0 Å². The van der Waals surface area contributed by atoms with Crippen molar-refractivity contribution in [3.63, 3.8) is 0 Å². The van der Waals surface area contributed by atoms with Gasteiger partial charge < -0.3 is 5.11 Å². The molecule has 0 fully saturated rings. The van der Waals surface area contributed by atoms with E-state index < -0.39 is 0 Å². The van der Waals surface area contributed by atoms with Gasteiger partial charge in [-0.2, -0.15) is 5.10 Å². The topological polar surface area (TPSA) is 50.4 Å². The van der Waals surface area contributed by atoms with Gasteiger partial charge >= 0.3 is 0 Å². The minimum Gasteiger partial charge on any atom is -0.507 e. The second-order valence-electron chi connectivity index (χ2n) is 4.41. The van der Waals surface area contributed by atoms with Crippen LogP contribution in [0.5, 0.6) is 5.75 Å². The summed E-state index contributed by atoms with van der Waals surface area (Å²) in [5.41, 5.74) is 2.49. The van der Waals surface area contributed by atoms with Crippen LogP contribution in [0.3, 0.4) is 0 Å². The number of hydrogen-bond acceptors (Lipinski definition) is 3. The number of halogens is 1. The van der Waals surface area contributed by atoms with Gasteiger partial charge in [0.05, 0.1) is 17.2 Å². The second kappa shape index (κ2) is 5.09. The molecule has 0 atom stereocenters. The van der Waals surface area contributed by atoms with E-state index in [0.29, 0.717) is 5.56 Å². The number of aromatic nitrogens is 2. The minimum absolute atomic E-state index is 0.194. The molecule has 0 aliphatic rings. The Hall–Kier alpha value is -2.14. The molecule has 0 unspecified atom stereocenters. The zero-order chi connectivity index (χ0) is 14.1. The summed E-state index contributed by atoms with van der Waals surface area (Å²) in [6, 6.07) is 13.0. The lowest BCUT2D eigenvalue weighted by Gasteiger charge is -2.01. The van der Waals surface area contributed by atoms with Gasteiger partial charge in [-0.15, -0.1) is 0 Å². The van der Waals surface area contributed by atoms with E-state index in [1.807, 2.05) is 37.3 Å². The Balaban J connectivity index is 2.06. The molecule has 0 amide bonds. The highest BCUT2D eigenvalue weighted by Crippen LogP contribution is 2.21. The molecule has 2 aromatic carbocycles. The molecule has 1 heterocycles. The van der Waals surface area contributed by atoms with Crippen molar-refractivity contribution in [3.8, 4) is 5.75 Å². The molecule has 20 heavy (non-hydrogen) atoms. The molecular formula is C15H12BrN3O. The number of rotatable bonds is 2. The summed E-state index contributed by atoms with van der Waals surface area (Å²) in [5, 5.41) is 14.2. The number of aromatic hydroxyl groups is 1. The third-order valence-electron chi connectivity index (χ3n) is 3.00. The van der Waals surface area contributed by atoms with Crippen molar-refractivity contribution in [2.75, 3.05) is 0 Å². The number of imidazole rings is 1. The fourth-order valence-corrected chi connectivity index (χ4v) is 2.41. The normalized spacial score (nSPS) is 11.5. The lowest BCUT2D eigenvalue weighted by atomic mass is 10.2. The largest absolute Gasteiger partial charge is 0.507 e. The molecule has 1 aromatic heterocycles. The van der Waals surface area contributed by atoms with Crippen molar-refractivity contribution in [1.82, 2.24) is 9.66 Å². The number of hydrogen-bond donors (Lipinski definition) is 1. The third-order valence-corrected chi connectivity index (χ3v) is 3.49. The zero-order valence-electron chi connectivity index (χ0n) is 10.8. The molecule has 3 aromatic rings. The van der Waals surface area contributed by atoms with E-state index in [4.69, 9.17) is 0 Å². The Kier molecular flexibility index (Phi) is 3.28. The Morgan fingerprint density at radius 1 is 1.25 bits per heavy atom. The van der Waals surface area contributed by atoms with Gasteiger partial charge in [-0.3, -0.25) is 0 Å². The van der Waals surface area contributed by atoms with Crippen molar-refractivity contribution in [3.05, 3.63) is 58.3 Å². The average molecular weight is 330 g/mol. The van der Waals surface area contributed by atoms with Gasteiger partial charge in [-0.05, 0) is 37.3 Å². The fourth-order valence-electron chi connectivity index (χ4n) is 2.03. The molecule has 0 aliphatic heterocycles. The quantitative estimate of drug-likeness (QED) is 0.729. The van der Waals surface area contributed by atoms with E-state index in [-0.39, 0.29) is 5.75 Å². The van der Waals surface area contributed by atoms with Crippen LogP contribution in [0, 0.1) is 6.92 Å². The van der Waals surface area contributed by atoms with Crippen LogP contribution < -0.4 is 0 Å². The highest BCUT2D eigenvalue weighted by molar-refractivity contribution is 9.10.